The molecule has 0 bridgehead atoms. The Balaban J connectivity index is 1.78. The Kier molecular flexibility index (Phi) is 5.58. The molecule has 0 fully saturated rings. The van der Waals surface area contributed by atoms with Crippen LogP contribution in [-0.4, -0.2) is 24.0 Å². The quantitative estimate of drug-likeness (QED) is 0.648. The van der Waals surface area contributed by atoms with E-state index in [0.29, 0.717) is 10.6 Å². The number of benzene rings is 2. The monoisotopic (exact) mass is 370 g/mol. The van der Waals surface area contributed by atoms with E-state index in [1.54, 1.807) is 18.2 Å². The molecule has 0 spiro atoms. The number of hydrogen-bond donors (Lipinski definition) is 2. The lowest BCUT2D eigenvalue weighted by atomic mass is 10.0. The van der Waals surface area contributed by atoms with Crippen molar-refractivity contribution in [3.63, 3.8) is 0 Å². The molecule has 6 heteroatoms. The van der Waals surface area contributed by atoms with Gasteiger partial charge in [0.15, 0.2) is 0 Å². The average Bonchev–Trinajstić information content (AvgIpc) is 3.04. The summed E-state index contributed by atoms with van der Waals surface area (Å²) >= 11 is 6.24. The van der Waals surface area contributed by atoms with Crippen molar-refractivity contribution in [3.05, 3.63) is 70.9 Å². The Morgan fingerprint density at radius 1 is 1.15 bits per heavy atom. The van der Waals surface area contributed by atoms with Gasteiger partial charge in [0.1, 0.15) is 0 Å². The van der Waals surface area contributed by atoms with Crippen LogP contribution in [0.25, 0.3) is 10.9 Å². The molecular weight excluding hydrogens is 352 g/mol. The van der Waals surface area contributed by atoms with Crippen LogP contribution >= 0.6 is 11.6 Å². The van der Waals surface area contributed by atoms with Gasteiger partial charge in [-0.3, -0.25) is 9.59 Å². The van der Waals surface area contributed by atoms with Crippen molar-refractivity contribution < 1.29 is 14.3 Å². The molecule has 0 aliphatic carbocycles. The van der Waals surface area contributed by atoms with Crippen molar-refractivity contribution in [2.45, 2.75) is 18.9 Å². The number of ether oxygens (including phenoxy) is 1. The molecule has 2 N–H and O–H groups in total. The van der Waals surface area contributed by atoms with Crippen LogP contribution in [0.4, 0.5) is 0 Å². The normalized spacial score (nSPS) is 11.9. The van der Waals surface area contributed by atoms with Crippen LogP contribution in [0.15, 0.2) is 54.7 Å². The Morgan fingerprint density at radius 2 is 1.88 bits per heavy atom. The van der Waals surface area contributed by atoms with E-state index in [0.717, 1.165) is 16.5 Å². The Morgan fingerprint density at radius 3 is 2.65 bits per heavy atom. The lowest BCUT2D eigenvalue weighted by Gasteiger charge is -2.19. The molecule has 0 radical (unpaired) electrons. The molecular formula is C20H19ClN2O3. The van der Waals surface area contributed by atoms with Gasteiger partial charge < -0.3 is 15.0 Å². The third-order valence-electron chi connectivity index (χ3n) is 4.24. The summed E-state index contributed by atoms with van der Waals surface area (Å²) in [5.74, 6) is -0.606. The van der Waals surface area contributed by atoms with E-state index in [2.05, 4.69) is 10.3 Å². The molecule has 0 unspecified atom stereocenters. The summed E-state index contributed by atoms with van der Waals surface area (Å²) in [6.45, 7) is 0. The van der Waals surface area contributed by atoms with Crippen LogP contribution in [0.3, 0.4) is 0 Å². The van der Waals surface area contributed by atoms with Crippen molar-refractivity contribution >= 4 is 34.4 Å². The molecule has 1 amide bonds. The minimum Gasteiger partial charge on any atom is -0.469 e. The maximum absolute atomic E-state index is 12.6. The number of amides is 1. The second kappa shape index (κ2) is 8.06. The van der Waals surface area contributed by atoms with Gasteiger partial charge in [0.2, 0.25) is 5.91 Å². The zero-order valence-corrected chi connectivity index (χ0v) is 15.0. The van der Waals surface area contributed by atoms with Crippen LogP contribution in [0.1, 0.15) is 23.6 Å². The summed E-state index contributed by atoms with van der Waals surface area (Å²) in [7, 11) is 1.32. The molecule has 3 rings (SSSR count). The van der Waals surface area contributed by atoms with E-state index in [-0.39, 0.29) is 18.7 Å². The van der Waals surface area contributed by atoms with Gasteiger partial charge in [-0.15, -0.1) is 0 Å². The molecule has 0 saturated heterocycles. The van der Waals surface area contributed by atoms with E-state index in [9.17, 15) is 9.59 Å². The fourth-order valence-corrected chi connectivity index (χ4v) is 3.21. The number of carbonyl (C=O) groups excluding carboxylic acids is 2. The number of aromatic amines is 1. The van der Waals surface area contributed by atoms with E-state index >= 15 is 0 Å². The van der Waals surface area contributed by atoms with E-state index in [1.807, 2.05) is 36.5 Å². The molecule has 1 atom stereocenters. The summed E-state index contributed by atoms with van der Waals surface area (Å²) in [5.41, 5.74) is 2.56. The van der Waals surface area contributed by atoms with Gasteiger partial charge in [-0.05, 0) is 23.3 Å². The second-order valence-corrected chi connectivity index (χ2v) is 6.37. The largest absolute Gasteiger partial charge is 0.469 e. The van der Waals surface area contributed by atoms with Gasteiger partial charge >= 0.3 is 5.97 Å². The highest BCUT2D eigenvalue weighted by Gasteiger charge is 2.21. The zero-order chi connectivity index (χ0) is 18.5. The Bertz CT molecular complexity index is 935. The lowest BCUT2D eigenvalue weighted by Crippen LogP contribution is -2.31. The van der Waals surface area contributed by atoms with Crippen molar-refractivity contribution in [1.29, 1.82) is 0 Å². The predicted molar refractivity (Wildman–Crippen MR) is 101 cm³/mol. The van der Waals surface area contributed by atoms with Gasteiger partial charge in [0.25, 0.3) is 0 Å². The van der Waals surface area contributed by atoms with Gasteiger partial charge in [-0.1, -0.05) is 48.0 Å². The first-order valence-corrected chi connectivity index (χ1v) is 8.62. The number of fused-ring (bicyclic) bond motifs is 1. The number of H-pyrrole nitrogens is 1. The molecule has 0 aliphatic heterocycles. The van der Waals surface area contributed by atoms with Gasteiger partial charge in [0, 0.05) is 22.1 Å². The summed E-state index contributed by atoms with van der Waals surface area (Å²) in [6.07, 6.45) is 2.04. The molecule has 26 heavy (non-hydrogen) atoms. The van der Waals surface area contributed by atoms with E-state index in [1.165, 1.54) is 7.11 Å². The standard InChI is InChI=1S/C20H19ClN2O3/c1-26-20(25)11-18(15-7-2-4-8-16(15)21)23-19(24)10-13-12-22-17-9-5-3-6-14(13)17/h2-9,12,18,22H,10-11H2,1H3,(H,23,24)/t18-/m0/s1. The van der Waals surface area contributed by atoms with Gasteiger partial charge in [-0.2, -0.15) is 0 Å². The molecule has 5 nitrogen and oxygen atoms in total. The minimum absolute atomic E-state index is 0.0137. The summed E-state index contributed by atoms with van der Waals surface area (Å²) in [6, 6.07) is 14.4. The van der Waals surface area contributed by atoms with Gasteiger partial charge in [0.05, 0.1) is 26.0 Å². The fraction of sp³-hybridized carbons (Fsp3) is 0.200. The SMILES string of the molecule is COC(=O)C[C@H](NC(=O)Cc1c[nH]c2ccccc12)c1ccccc1Cl. The maximum Gasteiger partial charge on any atom is 0.307 e. The molecule has 1 aromatic heterocycles. The zero-order valence-electron chi connectivity index (χ0n) is 14.3. The predicted octanol–water partition coefficient (Wildman–Crippen LogP) is 3.78. The molecule has 2 aromatic carbocycles. The first-order valence-electron chi connectivity index (χ1n) is 8.24. The van der Waals surface area contributed by atoms with Gasteiger partial charge in [-0.25, -0.2) is 0 Å². The summed E-state index contributed by atoms with van der Waals surface area (Å²) in [5, 5.41) is 4.40. The topological polar surface area (TPSA) is 71.2 Å². The third kappa shape index (κ3) is 4.06. The number of para-hydroxylation sites is 1. The second-order valence-electron chi connectivity index (χ2n) is 5.96. The van der Waals surface area contributed by atoms with Crippen molar-refractivity contribution in [2.24, 2.45) is 0 Å². The number of hydrogen-bond acceptors (Lipinski definition) is 3. The van der Waals surface area contributed by atoms with Crippen molar-refractivity contribution in [2.75, 3.05) is 7.11 Å². The van der Waals surface area contributed by atoms with Crippen molar-refractivity contribution in [1.82, 2.24) is 10.3 Å². The average molecular weight is 371 g/mol. The highest BCUT2D eigenvalue weighted by atomic mass is 35.5. The smallest absolute Gasteiger partial charge is 0.307 e. The minimum atomic E-state index is -0.547. The molecule has 0 saturated carbocycles. The van der Waals surface area contributed by atoms with Crippen molar-refractivity contribution in [3.8, 4) is 0 Å². The number of carbonyl (C=O) groups is 2. The fourth-order valence-electron chi connectivity index (χ4n) is 2.94. The number of methoxy groups -OCH3 is 1. The lowest BCUT2D eigenvalue weighted by molar-refractivity contribution is -0.141. The summed E-state index contributed by atoms with van der Waals surface area (Å²) in [4.78, 5) is 27.5. The Hall–Kier alpha value is -2.79. The van der Waals surface area contributed by atoms with Crippen LogP contribution in [0.2, 0.25) is 5.02 Å². The first kappa shape index (κ1) is 18.0. The number of nitrogens with one attached hydrogen (secondary N) is 2. The van der Waals surface area contributed by atoms with Crippen LogP contribution in [0.5, 0.6) is 0 Å². The molecule has 1 heterocycles. The highest BCUT2D eigenvalue weighted by molar-refractivity contribution is 6.31. The first-order chi connectivity index (χ1) is 12.6. The van der Waals surface area contributed by atoms with Crippen LogP contribution in [0, 0.1) is 0 Å². The summed E-state index contributed by atoms with van der Waals surface area (Å²) < 4.78 is 4.75. The van der Waals surface area contributed by atoms with Crippen LogP contribution in [-0.2, 0) is 20.7 Å². The van der Waals surface area contributed by atoms with E-state index in [4.69, 9.17) is 16.3 Å². The Labute approximate surface area is 156 Å². The number of esters is 1. The molecule has 134 valence electrons. The third-order valence-corrected chi connectivity index (χ3v) is 4.58. The van der Waals surface area contributed by atoms with Crippen LogP contribution < -0.4 is 5.32 Å². The number of halogens is 1. The molecule has 0 aliphatic rings. The highest BCUT2D eigenvalue weighted by Crippen LogP contribution is 2.26. The molecule has 3 aromatic rings. The maximum atomic E-state index is 12.6. The number of rotatable bonds is 6. The number of aromatic nitrogens is 1. The van der Waals surface area contributed by atoms with E-state index < -0.39 is 12.0 Å².